The molecule has 0 aliphatic carbocycles. The zero-order valence-corrected chi connectivity index (χ0v) is 17.1. The first kappa shape index (κ1) is 18.7. The highest BCUT2D eigenvalue weighted by molar-refractivity contribution is 6.40. The largest absolute Gasteiger partial charge is 0.455 e. The zero-order valence-electron chi connectivity index (χ0n) is 15.6. The monoisotopic (exact) mass is 440 g/mol. The third-order valence-corrected chi connectivity index (χ3v) is 5.40. The third-order valence-electron chi connectivity index (χ3n) is 4.79. The third kappa shape index (κ3) is 3.10. The van der Waals surface area contributed by atoms with Gasteiger partial charge < -0.3 is 10.1 Å². The SMILES string of the molecule is Cc1cc(Nc2ncc3c(n2)OCN(c2c(Cl)cccc2Cl)C3=O)cc2[nH]ncc12. The molecule has 1 aliphatic heterocycles. The van der Waals surface area contributed by atoms with Crippen molar-refractivity contribution >= 4 is 57.3 Å². The van der Waals surface area contributed by atoms with Crippen LogP contribution in [0.15, 0.2) is 42.7 Å². The number of benzene rings is 2. The van der Waals surface area contributed by atoms with Crippen molar-refractivity contribution in [3.05, 3.63) is 63.9 Å². The number of ether oxygens (including phenoxy) is 1. The number of hydrogen-bond donors (Lipinski definition) is 2. The van der Waals surface area contributed by atoms with E-state index in [0.717, 1.165) is 22.2 Å². The van der Waals surface area contributed by atoms with Crippen LogP contribution in [0.1, 0.15) is 15.9 Å². The van der Waals surface area contributed by atoms with Crippen molar-refractivity contribution in [1.29, 1.82) is 0 Å². The molecule has 0 bridgehead atoms. The van der Waals surface area contributed by atoms with E-state index in [1.807, 2.05) is 19.1 Å². The molecule has 2 N–H and O–H groups in total. The summed E-state index contributed by atoms with van der Waals surface area (Å²) in [6, 6.07) is 8.90. The number of H-pyrrole nitrogens is 1. The molecule has 0 unspecified atom stereocenters. The van der Waals surface area contributed by atoms with Crippen molar-refractivity contribution in [3.8, 4) is 5.88 Å². The van der Waals surface area contributed by atoms with Crippen molar-refractivity contribution < 1.29 is 9.53 Å². The van der Waals surface area contributed by atoms with E-state index in [1.165, 1.54) is 11.1 Å². The first-order valence-electron chi connectivity index (χ1n) is 8.98. The number of para-hydroxylation sites is 1. The normalized spacial score (nSPS) is 13.3. The Balaban J connectivity index is 1.44. The second kappa shape index (κ2) is 7.16. The van der Waals surface area contributed by atoms with Crippen molar-refractivity contribution in [1.82, 2.24) is 20.2 Å². The molecule has 0 saturated heterocycles. The smallest absolute Gasteiger partial charge is 0.268 e. The number of anilines is 3. The number of aryl methyl sites for hydroxylation is 1. The van der Waals surface area contributed by atoms with E-state index in [4.69, 9.17) is 27.9 Å². The fraction of sp³-hybridized carbons (Fsp3) is 0.100. The Morgan fingerprint density at radius 3 is 2.80 bits per heavy atom. The number of nitrogens with zero attached hydrogens (tertiary/aromatic N) is 4. The minimum absolute atomic E-state index is 0.0645. The van der Waals surface area contributed by atoms with Gasteiger partial charge in [-0.3, -0.25) is 14.8 Å². The van der Waals surface area contributed by atoms with Crippen molar-refractivity contribution in [2.45, 2.75) is 6.92 Å². The highest BCUT2D eigenvalue weighted by Crippen LogP contribution is 2.37. The maximum absolute atomic E-state index is 13.0. The molecule has 0 fully saturated rings. The summed E-state index contributed by atoms with van der Waals surface area (Å²) in [5.74, 6) is 0.160. The summed E-state index contributed by atoms with van der Waals surface area (Å²) in [7, 11) is 0. The summed E-state index contributed by atoms with van der Waals surface area (Å²) >= 11 is 12.5. The van der Waals surface area contributed by atoms with Gasteiger partial charge in [-0.05, 0) is 36.8 Å². The van der Waals surface area contributed by atoms with Gasteiger partial charge in [-0.2, -0.15) is 10.1 Å². The highest BCUT2D eigenvalue weighted by atomic mass is 35.5. The topological polar surface area (TPSA) is 96.0 Å². The fourth-order valence-corrected chi connectivity index (χ4v) is 3.96. The van der Waals surface area contributed by atoms with Crippen molar-refractivity contribution in [3.63, 3.8) is 0 Å². The molecule has 1 aliphatic rings. The summed E-state index contributed by atoms with van der Waals surface area (Å²) in [5, 5.41) is 11.9. The van der Waals surface area contributed by atoms with E-state index in [1.54, 1.807) is 24.4 Å². The average molecular weight is 441 g/mol. The maximum Gasteiger partial charge on any atom is 0.268 e. The first-order chi connectivity index (χ1) is 14.5. The molecule has 30 heavy (non-hydrogen) atoms. The lowest BCUT2D eigenvalue weighted by Gasteiger charge is -2.29. The minimum Gasteiger partial charge on any atom is -0.455 e. The van der Waals surface area contributed by atoms with Gasteiger partial charge in [-0.25, -0.2) is 4.98 Å². The standard InChI is InChI=1S/C20H14Cl2N6O2/c1-10-5-11(6-16-12(10)8-24-27-16)25-20-23-7-13-18(26-20)30-9-28(19(13)29)17-14(21)3-2-4-15(17)22/h2-8H,9H2,1H3,(H,24,27)(H,23,25,26). The van der Waals surface area contributed by atoms with Gasteiger partial charge in [0.2, 0.25) is 11.8 Å². The van der Waals surface area contributed by atoms with Gasteiger partial charge >= 0.3 is 0 Å². The zero-order chi connectivity index (χ0) is 20.8. The Hall–Kier alpha value is -3.36. The number of carbonyl (C=O) groups excluding carboxylic acids is 1. The number of aromatic nitrogens is 4. The molecule has 150 valence electrons. The predicted molar refractivity (Wildman–Crippen MR) is 115 cm³/mol. The van der Waals surface area contributed by atoms with E-state index >= 15 is 0 Å². The second-order valence-corrected chi connectivity index (χ2v) is 7.55. The predicted octanol–water partition coefficient (Wildman–Crippen LogP) is 4.71. The van der Waals surface area contributed by atoms with Crippen LogP contribution in [-0.2, 0) is 0 Å². The van der Waals surface area contributed by atoms with Gasteiger partial charge in [-0.1, -0.05) is 29.3 Å². The Labute approximate surface area is 180 Å². The lowest BCUT2D eigenvalue weighted by Crippen LogP contribution is -2.39. The fourth-order valence-electron chi connectivity index (χ4n) is 3.36. The molecule has 0 radical (unpaired) electrons. The van der Waals surface area contributed by atoms with Gasteiger partial charge in [0.25, 0.3) is 5.91 Å². The van der Waals surface area contributed by atoms with Crippen LogP contribution in [0.25, 0.3) is 10.9 Å². The molecule has 8 nitrogen and oxygen atoms in total. The molecule has 5 rings (SSSR count). The van der Waals surface area contributed by atoms with Gasteiger partial charge in [0.15, 0.2) is 6.73 Å². The Morgan fingerprint density at radius 2 is 2.00 bits per heavy atom. The van der Waals surface area contributed by atoms with E-state index < -0.39 is 0 Å². The quantitative estimate of drug-likeness (QED) is 0.478. The number of aromatic amines is 1. The van der Waals surface area contributed by atoms with Gasteiger partial charge in [-0.15, -0.1) is 0 Å². The molecule has 3 heterocycles. The molecule has 10 heteroatoms. The molecule has 4 aromatic rings. The Kier molecular flexibility index (Phi) is 4.45. The molecule has 2 aromatic carbocycles. The lowest BCUT2D eigenvalue weighted by molar-refractivity contribution is 0.0932. The summed E-state index contributed by atoms with van der Waals surface area (Å²) in [6.07, 6.45) is 3.20. The number of rotatable bonds is 3. The maximum atomic E-state index is 13.0. The highest BCUT2D eigenvalue weighted by Gasteiger charge is 2.31. The summed E-state index contributed by atoms with van der Waals surface area (Å²) in [6.45, 7) is 1.93. The first-order valence-corrected chi connectivity index (χ1v) is 9.73. The van der Waals surface area contributed by atoms with E-state index in [0.29, 0.717) is 21.7 Å². The van der Waals surface area contributed by atoms with Crippen LogP contribution in [0.5, 0.6) is 5.88 Å². The summed E-state index contributed by atoms with van der Waals surface area (Å²) < 4.78 is 5.71. The Morgan fingerprint density at radius 1 is 1.20 bits per heavy atom. The van der Waals surface area contributed by atoms with E-state index in [2.05, 4.69) is 25.5 Å². The Bertz CT molecular complexity index is 1290. The van der Waals surface area contributed by atoms with Gasteiger partial charge in [0, 0.05) is 17.3 Å². The van der Waals surface area contributed by atoms with Crippen LogP contribution < -0.4 is 15.0 Å². The number of amides is 1. The number of fused-ring (bicyclic) bond motifs is 2. The van der Waals surface area contributed by atoms with Crippen LogP contribution in [0.3, 0.4) is 0 Å². The molecule has 2 aromatic heterocycles. The number of hydrogen-bond acceptors (Lipinski definition) is 6. The van der Waals surface area contributed by atoms with E-state index in [9.17, 15) is 4.79 Å². The molecule has 0 saturated carbocycles. The molecular formula is C20H14Cl2N6O2. The van der Waals surface area contributed by atoms with Gasteiger partial charge in [0.1, 0.15) is 5.56 Å². The lowest BCUT2D eigenvalue weighted by atomic mass is 10.1. The van der Waals surface area contributed by atoms with E-state index in [-0.39, 0.29) is 24.1 Å². The number of carbonyl (C=O) groups is 1. The van der Waals surface area contributed by atoms with Crippen LogP contribution in [-0.4, -0.2) is 32.8 Å². The average Bonchev–Trinajstić information content (AvgIpc) is 3.19. The molecular weight excluding hydrogens is 427 g/mol. The minimum atomic E-state index is -0.340. The summed E-state index contributed by atoms with van der Waals surface area (Å²) in [5.41, 5.74) is 3.36. The summed E-state index contributed by atoms with van der Waals surface area (Å²) in [4.78, 5) is 22.9. The molecule has 0 spiro atoms. The van der Waals surface area contributed by atoms with Crippen molar-refractivity contribution in [2.75, 3.05) is 16.9 Å². The second-order valence-electron chi connectivity index (χ2n) is 6.74. The van der Waals surface area contributed by atoms with Crippen molar-refractivity contribution in [2.24, 2.45) is 0 Å². The van der Waals surface area contributed by atoms with Crippen LogP contribution >= 0.6 is 23.2 Å². The van der Waals surface area contributed by atoms with Gasteiger partial charge in [0.05, 0.1) is 27.4 Å². The molecule has 0 atom stereocenters. The van der Waals surface area contributed by atoms with Crippen LogP contribution in [0.2, 0.25) is 10.0 Å². The van der Waals surface area contributed by atoms with Crippen LogP contribution in [0.4, 0.5) is 17.3 Å². The molecule has 1 amide bonds. The van der Waals surface area contributed by atoms with Crippen LogP contribution in [0, 0.1) is 6.92 Å². The number of nitrogens with one attached hydrogen (secondary N) is 2. The number of halogens is 2.